The van der Waals surface area contributed by atoms with Gasteiger partial charge in [0.1, 0.15) is 11.6 Å². The number of ketones is 4. The van der Waals surface area contributed by atoms with E-state index in [1.807, 2.05) is 0 Å². The smallest absolute Gasteiger partial charge is 0.734 e. The SMILES string of the molecule is CC(=O)CC(=O)C(=O)[S-].CC(=O)CC(=O)C(=O)[S-].O.O.[Mn+2]. The molecule has 0 unspecified atom stereocenters. The molecule has 0 fully saturated rings. The predicted octanol–water partition coefficient (Wildman–Crippen LogP) is -2.44. The molecule has 0 bridgehead atoms. The fourth-order valence-electron chi connectivity index (χ4n) is 0.597. The largest absolute Gasteiger partial charge is 2.00 e. The first-order valence-corrected chi connectivity index (χ1v) is 5.36. The van der Waals surface area contributed by atoms with Crippen LogP contribution in [0.4, 0.5) is 0 Å². The summed E-state index contributed by atoms with van der Waals surface area (Å²) >= 11 is 7.96. The summed E-state index contributed by atoms with van der Waals surface area (Å²) in [5.41, 5.74) is 0. The van der Waals surface area contributed by atoms with E-state index in [2.05, 4.69) is 25.3 Å². The zero-order chi connectivity index (χ0) is 14.9. The van der Waals surface area contributed by atoms with Crippen LogP contribution in [0.1, 0.15) is 26.7 Å². The van der Waals surface area contributed by atoms with E-state index in [1.165, 1.54) is 13.8 Å². The van der Waals surface area contributed by atoms with Crippen LogP contribution in [0.25, 0.3) is 0 Å². The van der Waals surface area contributed by atoms with E-state index in [4.69, 9.17) is 0 Å². The van der Waals surface area contributed by atoms with Gasteiger partial charge in [-0.25, -0.2) is 0 Å². The summed E-state index contributed by atoms with van der Waals surface area (Å²) in [6, 6.07) is 0. The van der Waals surface area contributed by atoms with Crippen LogP contribution in [0.3, 0.4) is 0 Å². The second-order valence-electron chi connectivity index (χ2n) is 3.18. The molecule has 0 amide bonds. The van der Waals surface area contributed by atoms with Gasteiger partial charge in [0, 0.05) is 0 Å². The van der Waals surface area contributed by atoms with E-state index in [0.717, 1.165) is 0 Å². The van der Waals surface area contributed by atoms with Crippen molar-refractivity contribution in [3.8, 4) is 0 Å². The van der Waals surface area contributed by atoms with Gasteiger partial charge in [0.2, 0.25) is 0 Å². The Morgan fingerprint density at radius 2 is 0.857 bits per heavy atom. The van der Waals surface area contributed by atoms with E-state index in [-0.39, 0.29) is 52.4 Å². The van der Waals surface area contributed by atoms with Gasteiger partial charge in [-0.2, -0.15) is 0 Å². The third-order valence-corrected chi connectivity index (χ3v) is 1.73. The van der Waals surface area contributed by atoms with Crippen LogP contribution in [-0.2, 0) is 71.1 Å². The molecule has 8 nitrogen and oxygen atoms in total. The Morgan fingerprint density at radius 3 is 0.905 bits per heavy atom. The Kier molecular flexibility index (Phi) is 25.8. The summed E-state index contributed by atoms with van der Waals surface area (Å²) in [5, 5.41) is -1.93. The Bertz CT molecular complexity index is 370. The Morgan fingerprint density at radius 1 is 0.667 bits per heavy atom. The molecule has 4 N–H and O–H groups in total. The molecule has 0 aliphatic rings. The van der Waals surface area contributed by atoms with Gasteiger partial charge in [0.05, 0.1) is 23.1 Å². The van der Waals surface area contributed by atoms with E-state index in [0.29, 0.717) is 0 Å². The molecule has 0 saturated heterocycles. The van der Waals surface area contributed by atoms with E-state index < -0.39 is 21.8 Å². The quantitative estimate of drug-likeness (QED) is 0.212. The van der Waals surface area contributed by atoms with Gasteiger partial charge in [-0.1, -0.05) is 0 Å². The first-order chi connectivity index (χ1) is 8.07. The minimum absolute atomic E-state index is 0. The number of carbonyl (C=O) groups is 6. The maximum Gasteiger partial charge on any atom is 2.00 e. The van der Waals surface area contributed by atoms with Crippen molar-refractivity contribution in [1.82, 2.24) is 0 Å². The third-order valence-electron chi connectivity index (χ3n) is 1.27. The number of hydrogen-bond donors (Lipinski definition) is 0. The normalized spacial score (nSPS) is 7.33. The van der Waals surface area contributed by atoms with Crippen LogP contribution in [0.2, 0.25) is 0 Å². The molecule has 0 rings (SSSR count). The summed E-state index contributed by atoms with van der Waals surface area (Å²) in [5.74, 6) is -2.26. The van der Waals surface area contributed by atoms with Crippen LogP contribution >= 0.6 is 0 Å². The maximum atomic E-state index is 10.3. The molecule has 11 heteroatoms. The molecular formula is C10H14MnO8S2. The number of carbonyl (C=O) groups excluding carboxylic acids is 6. The second kappa shape index (κ2) is 17.0. The van der Waals surface area contributed by atoms with E-state index in [1.54, 1.807) is 0 Å². The van der Waals surface area contributed by atoms with Crippen molar-refractivity contribution >= 4 is 58.6 Å². The van der Waals surface area contributed by atoms with E-state index in [9.17, 15) is 28.8 Å². The molecule has 0 aromatic carbocycles. The molecule has 0 saturated carbocycles. The molecular weight excluding hydrogens is 367 g/mol. The molecule has 0 aliphatic heterocycles. The molecule has 121 valence electrons. The average molecular weight is 381 g/mol. The van der Waals surface area contributed by atoms with Crippen LogP contribution in [0, 0.1) is 0 Å². The number of hydrogen-bond acceptors (Lipinski definition) is 8. The Hall–Kier alpha value is -1.10. The van der Waals surface area contributed by atoms with Crippen LogP contribution in [0.15, 0.2) is 0 Å². The molecule has 0 aliphatic carbocycles. The van der Waals surface area contributed by atoms with Crippen LogP contribution < -0.4 is 0 Å². The topological polar surface area (TPSA) is 165 Å². The molecule has 1 radical (unpaired) electrons. The second-order valence-corrected chi connectivity index (χ2v) is 3.92. The molecule has 0 atom stereocenters. The third kappa shape index (κ3) is 24.3. The fourth-order valence-corrected chi connectivity index (χ4v) is 0.741. The summed E-state index contributed by atoms with van der Waals surface area (Å²) in [6.45, 7) is 2.46. The van der Waals surface area contributed by atoms with Gasteiger partial charge >= 0.3 is 17.1 Å². The number of Topliss-reactive ketones (excluding diaryl/α,β-unsaturated/α-hetero) is 4. The van der Waals surface area contributed by atoms with Gasteiger partial charge in [0.25, 0.3) is 0 Å². The van der Waals surface area contributed by atoms with Gasteiger partial charge in [-0.05, 0) is 13.8 Å². The number of rotatable bonds is 6. The van der Waals surface area contributed by atoms with Gasteiger partial charge in [0.15, 0.2) is 11.6 Å². The molecule has 0 spiro atoms. The Labute approximate surface area is 142 Å². The standard InChI is InChI=1S/2C5H6O3S.Mn.2H2O/c2*1-3(6)2-4(7)5(8)9;;;/h2*2H2,1H3,(H,8,9);;2*1H2/q;;+2;;/p-2. The van der Waals surface area contributed by atoms with Crippen molar-refractivity contribution in [1.29, 1.82) is 0 Å². The van der Waals surface area contributed by atoms with Crippen LogP contribution in [-0.4, -0.2) is 44.3 Å². The summed E-state index contributed by atoms with van der Waals surface area (Å²) in [6.07, 6.45) is -0.718. The van der Waals surface area contributed by atoms with E-state index >= 15 is 0 Å². The van der Waals surface area contributed by atoms with Crippen molar-refractivity contribution < 1.29 is 56.8 Å². The van der Waals surface area contributed by atoms with Gasteiger partial charge < -0.3 is 45.8 Å². The van der Waals surface area contributed by atoms with Crippen LogP contribution in [0.5, 0.6) is 0 Å². The van der Waals surface area contributed by atoms with Crippen molar-refractivity contribution in [3.05, 3.63) is 0 Å². The maximum absolute atomic E-state index is 10.3. The predicted molar refractivity (Wildman–Crippen MR) is 72.6 cm³/mol. The summed E-state index contributed by atoms with van der Waals surface area (Å²) in [7, 11) is 0. The zero-order valence-electron chi connectivity index (χ0n) is 11.1. The minimum Gasteiger partial charge on any atom is -0.734 e. The zero-order valence-corrected chi connectivity index (χ0v) is 13.9. The summed E-state index contributed by atoms with van der Waals surface area (Å²) in [4.78, 5) is 60.8. The monoisotopic (exact) mass is 381 g/mol. The Balaban J connectivity index is -0.0000000711. The molecule has 0 aromatic heterocycles. The molecule has 21 heavy (non-hydrogen) atoms. The molecule has 0 heterocycles. The first-order valence-electron chi connectivity index (χ1n) is 4.55. The van der Waals surface area contributed by atoms with Crippen molar-refractivity contribution in [3.63, 3.8) is 0 Å². The molecule has 0 aromatic rings. The van der Waals surface area contributed by atoms with Gasteiger partial charge in [-0.15, -0.1) is 0 Å². The van der Waals surface area contributed by atoms with Crippen molar-refractivity contribution in [2.24, 2.45) is 0 Å². The summed E-state index contributed by atoms with van der Waals surface area (Å²) < 4.78 is 0. The van der Waals surface area contributed by atoms with Crippen molar-refractivity contribution in [2.75, 3.05) is 0 Å². The van der Waals surface area contributed by atoms with Gasteiger partial charge in [-0.3, -0.25) is 19.2 Å². The average Bonchev–Trinajstić information content (AvgIpc) is 2.16. The van der Waals surface area contributed by atoms with Crippen molar-refractivity contribution in [2.45, 2.75) is 26.7 Å². The first kappa shape index (κ1) is 32.0. The fraction of sp³-hybridized carbons (Fsp3) is 0.400. The minimum atomic E-state index is -0.967.